The van der Waals surface area contributed by atoms with E-state index < -0.39 is 0 Å². The Kier molecular flexibility index (Phi) is 5.59. The monoisotopic (exact) mass is 357 g/mol. The lowest BCUT2D eigenvalue weighted by Crippen LogP contribution is -2.46. The second-order valence-corrected chi connectivity index (χ2v) is 7.50. The molecule has 1 atom stereocenters. The van der Waals surface area contributed by atoms with Crippen molar-refractivity contribution in [3.8, 4) is 0 Å². The predicted molar refractivity (Wildman–Crippen MR) is 99.5 cm³/mol. The molecule has 2 fully saturated rings. The molecule has 0 spiro atoms. The fourth-order valence-electron chi connectivity index (χ4n) is 3.75. The number of para-hydroxylation sites is 1. The third-order valence-corrected chi connectivity index (χ3v) is 5.15. The van der Waals surface area contributed by atoms with Gasteiger partial charge in [-0.05, 0) is 38.8 Å². The van der Waals surface area contributed by atoms with E-state index in [2.05, 4.69) is 5.32 Å². The van der Waals surface area contributed by atoms with E-state index in [1.165, 1.54) is 0 Å². The van der Waals surface area contributed by atoms with E-state index in [1.54, 1.807) is 4.90 Å². The molecule has 0 saturated carbocycles. The van der Waals surface area contributed by atoms with Crippen molar-refractivity contribution in [3.05, 3.63) is 30.3 Å². The van der Waals surface area contributed by atoms with Crippen molar-refractivity contribution in [3.63, 3.8) is 0 Å². The van der Waals surface area contributed by atoms with Gasteiger partial charge in [0.2, 0.25) is 17.7 Å². The van der Waals surface area contributed by atoms with Gasteiger partial charge in [-0.2, -0.15) is 0 Å². The number of likely N-dealkylation sites (tertiary alicyclic amines) is 1. The highest BCUT2D eigenvalue weighted by molar-refractivity contribution is 6.00. The van der Waals surface area contributed by atoms with Gasteiger partial charge < -0.3 is 15.1 Å². The van der Waals surface area contributed by atoms with Gasteiger partial charge in [-0.25, -0.2) is 0 Å². The largest absolute Gasteiger partial charge is 0.354 e. The summed E-state index contributed by atoms with van der Waals surface area (Å²) in [6.45, 7) is 5.52. The summed E-state index contributed by atoms with van der Waals surface area (Å²) in [6, 6.07) is 9.62. The number of nitrogens with one attached hydrogen (secondary N) is 1. The Morgan fingerprint density at radius 2 is 1.73 bits per heavy atom. The average molecular weight is 357 g/mol. The highest BCUT2D eigenvalue weighted by atomic mass is 16.2. The molecular weight excluding hydrogens is 330 g/mol. The van der Waals surface area contributed by atoms with Crippen LogP contribution in [0.15, 0.2) is 30.3 Å². The Labute approximate surface area is 154 Å². The lowest BCUT2D eigenvalue weighted by Gasteiger charge is -2.33. The Morgan fingerprint density at radius 3 is 2.35 bits per heavy atom. The molecule has 0 aromatic heterocycles. The molecule has 0 aliphatic carbocycles. The summed E-state index contributed by atoms with van der Waals surface area (Å²) in [5, 5.41) is 2.95. The number of carbonyl (C=O) groups is 3. The van der Waals surface area contributed by atoms with Gasteiger partial charge in [-0.1, -0.05) is 18.2 Å². The van der Waals surface area contributed by atoms with Gasteiger partial charge in [-0.15, -0.1) is 0 Å². The van der Waals surface area contributed by atoms with Gasteiger partial charge >= 0.3 is 0 Å². The van der Waals surface area contributed by atoms with Crippen molar-refractivity contribution in [2.24, 2.45) is 11.8 Å². The van der Waals surface area contributed by atoms with Crippen LogP contribution in [-0.4, -0.2) is 48.3 Å². The van der Waals surface area contributed by atoms with Crippen LogP contribution in [0.25, 0.3) is 0 Å². The highest BCUT2D eigenvalue weighted by Crippen LogP contribution is 2.27. The van der Waals surface area contributed by atoms with E-state index in [9.17, 15) is 14.4 Å². The molecule has 2 saturated heterocycles. The van der Waals surface area contributed by atoms with Gasteiger partial charge in [-0.3, -0.25) is 14.4 Å². The van der Waals surface area contributed by atoms with Crippen molar-refractivity contribution < 1.29 is 14.4 Å². The van der Waals surface area contributed by atoms with Crippen LogP contribution in [0.4, 0.5) is 5.69 Å². The quantitative estimate of drug-likeness (QED) is 0.893. The molecule has 3 rings (SSSR count). The SMILES string of the molecule is CC(C)NC(=O)C1CCN(C(=O)C2CC(=O)N(c3ccccc3)C2)CC1. The molecular formula is C20H27N3O3. The smallest absolute Gasteiger partial charge is 0.228 e. The van der Waals surface area contributed by atoms with Crippen LogP contribution in [0.1, 0.15) is 33.1 Å². The molecule has 1 N–H and O–H groups in total. The number of nitrogens with zero attached hydrogens (tertiary/aromatic N) is 2. The Hall–Kier alpha value is -2.37. The van der Waals surface area contributed by atoms with E-state index in [4.69, 9.17) is 0 Å². The second-order valence-electron chi connectivity index (χ2n) is 7.50. The molecule has 2 aliphatic rings. The molecule has 0 radical (unpaired) electrons. The maximum atomic E-state index is 12.8. The summed E-state index contributed by atoms with van der Waals surface area (Å²) in [5.41, 5.74) is 0.844. The third kappa shape index (κ3) is 4.06. The first-order valence-corrected chi connectivity index (χ1v) is 9.40. The van der Waals surface area contributed by atoms with Crippen LogP contribution in [0.5, 0.6) is 0 Å². The van der Waals surface area contributed by atoms with E-state index in [0.29, 0.717) is 32.5 Å². The minimum absolute atomic E-state index is 0.000692. The second kappa shape index (κ2) is 7.89. The van der Waals surface area contributed by atoms with E-state index in [-0.39, 0.29) is 42.0 Å². The molecule has 140 valence electrons. The lowest BCUT2D eigenvalue weighted by atomic mass is 9.94. The fourth-order valence-corrected chi connectivity index (χ4v) is 3.75. The summed E-state index contributed by atoms with van der Waals surface area (Å²) in [7, 11) is 0. The molecule has 2 aliphatic heterocycles. The zero-order valence-electron chi connectivity index (χ0n) is 15.5. The molecule has 1 aromatic rings. The van der Waals surface area contributed by atoms with Crippen LogP contribution in [0.3, 0.4) is 0 Å². The van der Waals surface area contributed by atoms with Gasteiger partial charge in [0.1, 0.15) is 0 Å². The molecule has 1 unspecified atom stereocenters. The fraction of sp³-hybridized carbons (Fsp3) is 0.550. The maximum Gasteiger partial charge on any atom is 0.228 e. The van der Waals surface area contributed by atoms with Crippen molar-refractivity contribution in [2.45, 2.75) is 39.2 Å². The van der Waals surface area contributed by atoms with Crippen LogP contribution < -0.4 is 10.2 Å². The number of rotatable bonds is 4. The number of hydrogen-bond acceptors (Lipinski definition) is 3. The van der Waals surface area contributed by atoms with Crippen LogP contribution >= 0.6 is 0 Å². The van der Waals surface area contributed by atoms with Crippen LogP contribution in [-0.2, 0) is 14.4 Å². The minimum Gasteiger partial charge on any atom is -0.354 e. The number of hydrogen-bond donors (Lipinski definition) is 1. The van der Waals surface area contributed by atoms with Crippen LogP contribution in [0, 0.1) is 11.8 Å². The Bertz CT molecular complexity index is 666. The number of amides is 3. The molecule has 0 bridgehead atoms. The first-order chi connectivity index (χ1) is 12.5. The molecule has 1 aromatic carbocycles. The molecule has 26 heavy (non-hydrogen) atoms. The Balaban J connectivity index is 1.55. The number of benzene rings is 1. The van der Waals surface area contributed by atoms with E-state index in [0.717, 1.165) is 5.69 Å². The predicted octanol–water partition coefficient (Wildman–Crippen LogP) is 1.80. The van der Waals surface area contributed by atoms with Crippen molar-refractivity contribution in [1.29, 1.82) is 0 Å². The highest BCUT2D eigenvalue weighted by Gasteiger charge is 2.38. The summed E-state index contributed by atoms with van der Waals surface area (Å²) in [5.74, 6) is -0.185. The summed E-state index contributed by atoms with van der Waals surface area (Å²) < 4.78 is 0. The van der Waals surface area contributed by atoms with E-state index in [1.807, 2.05) is 49.1 Å². The molecule has 6 nitrogen and oxygen atoms in total. The first-order valence-electron chi connectivity index (χ1n) is 9.40. The maximum absolute atomic E-state index is 12.8. The zero-order valence-corrected chi connectivity index (χ0v) is 15.5. The van der Waals surface area contributed by atoms with Gasteiger partial charge in [0.05, 0.1) is 5.92 Å². The topological polar surface area (TPSA) is 69.7 Å². The minimum atomic E-state index is -0.288. The lowest BCUT2D eigenvalue weighted by molar-refractivity contribution is -0.139. The third-order valence-electron chi connectivity index (χ3n) is 5.15. The summed E-state index contributed by atoms with van der Waals surface area (Å²) in [6.07, 6.45) is 1.64. The summed E-state index contributed by atoms with van der Waals surface area (Å²) in [4.78, 5) is 40.8. The van der Waals surface area contributed by atoms with Crippen LogP contribution in [0.2, 0.25) is 0 Å². The first kappa shape index (κ1) is 18.4. The average Bonchev–Trinajstić information content (AvgIpc) is 3.03. The molecule has 2 heterocycles. The molecule has 6 heteroatoms. The van der Waals surface area contributed by atoms with Crippen molar-refractivity contribution >= 4 is 23.4 Å². The van der Waals surface area contributed by atoms with Crippen molar-refractivity contribution in [1.82, 2.24) is 10.2 Å². The van der Waals surface area contributed by atoms with Gasteiger partial charge in [0.25, 0.3) is 0 Å². The van der Waals surface area contributed by atoms with E-state index >= 15 is 0 Å². The van der Waals surface area contributed by atoms with Gasteiger partial charge in [0.15, 0.2) is 0 Å². The van der Waals surface area contributed by atoms with Crippen molar-refractivity contribution in [2.75, 3.05) is 24.5 Å². The number of anilines is 1. The molecule has 3 amide bonds. The van der Waals surface area contributed by atoms with Gasteiger partial charge in [0, 0.05) is 43.7 Å². The zero-order chi connectivity index (χ0) is 18.7. The normalized spacial score (nSPS) is 21.3. The number of piperidine rings is 1. The standard InChI is InChI=1S/C20H27N3O3/c1-14(2)21-19(25)15-8-10-22(11-9-15)20(26)16-12-18(24)23(13-16)17-6-4-3-5-7-17/h3-7,14-16H,8-13H2,1-2H3,(H,21,25). The number of carbonyl (C=O) groups excluding carboxylic acids is 3. The summed E-state index contributed by atoms with van der Waals surface area (Å²) >= 11 is 0. The Morgan fingerprint density at radius 1 is 1.08 bits per heavy atom.